The van der Waals surface area contributed by atoms with Crippen LogP contribution in [0.25, 0.3) is 0 Å². The van der Waals surface area contributed by atoms with Crippen molar-refractivity contribution >= 4 is 0 Å². The van der Waals surface area contributed by atoms with E-state index in [0.717, 1.165) is 12.0 Å². The number of fused-ring (bicyclic) bond motifs is 1. The standard InChI is InChI=1S/C10H19N/c1-6-10-8(4)11(10)9(10,5)7(2)3/h7-8H,6H2,1-5H3. The summed E-state index contributed by atoms with van der Waals surface area (Å²) in [5.41, 5.74) is 1.18. The number of hydrogen-bond acceptors (Lipinski definition) is 1. The van der Waals surface area contributed by atoms with Crippen LogP contribution in [0.5, 0.6) is 0 Å². The predicted octanol–water partition coefficient (Wildman–Crippen LogP) is 2.27. The molecule has 0 saturated carbocycles. The van der Waals surface area contributed by atoms with Gasteiger partial charge >= 0.3 is 0 Å². The lowest BCUT2D eigenvalue weighted by Crippen LogP contribution is -2.38. The maximum absolute atomic E-state index is 2.67. The van der Waals surface area contributed by atoms with Crippen LogP contribution in [0.2, 0.25) is 0 Å². The first-order chi connectivity index (χ1) is 5.03. The van der Waals surface area contributed by atoms with Crippen molar-refractivity contribution in [3.8, 4) is 0 Å². The molecule has 0 aromatic rings. The molecule has 0 N–H and O–H groups in total. The normalized spacial score (nSPS) is 59.5. The lowest BCUT2D eigenvalue weighted by atomic mass is 9.79. The summed E-state index contributed by atoms with van der Waals surface area (Å²) in [6.07, 6.45) is 1.34. The molecular formula is C10H19N. The molecule has 11 heavy (non-hydrogen) atoms. The Balaban J connectivity index is 2.16. The third kappa shape index (κ3) is 0.488. The molecule has 2 fully saturated rings. The first-order valence-corrected chi connectivity index (χ1v) is 4.83. The van der Waals surface area contributed by atoms with E-state index >= 15 is 0 Å². The molecule has 2 aliphatic rings. The SMILES string of the molecule is CCC12C(C)N1C2(C)C(C)C. The van der Waals surface area contributed by atoms with Crippen molar-refractivity contribution < 1.29 is 0 Å². The van der Waals surface area contributed by atoms with Crippen LogP contribution in [0.1, 0.15) is 41.0 Å². The summed E-state index contributed by atoms with van der Waals surface area (Å²) in [4.78, 5) is 2.67. The van der Waals surface area contributed by atoms with E-state index in [4.69, 9.17) is 0 Å². The van der Waals surface area contributed by atoms with Crippen LogP contribution in [0.15, 0.2) is 0 Å². The van der Waals surface area contributed by atoms with Crippen molar-refractivity contribution in [2.45, 2.75) is 58.2 Å². The van der Waals surface area contributed by atoms with Gasteiger partial charge in [-0.15, -0.1) is 0 Å². The zero-order chi connectivity index (χ0) is 8.44. The van der Waals surface area contributed by atoms with E-state index in [1.807, 2.05) is 0 Å². The molecule has 0 bridgehead atoms. The van der Waals surface area contributed by atoms with Gasteiger partial charge in [-0.2, -0.15) is 0 Å². The summed E-state index contributed by atoms with van der Waals surface area (Å²) in [6, 6.07) is 0.875. The van der Waals surface area contributed by atoms with E-state index in [1.54, 1.807) is 0 Å². The van der Waals surface area contributed by atoms with Crippen LogP contribution >= 0.6 is 0 Å². The van der Waals surface area contributed by atoms with Crippen LogP contribution in [0.3, 0.4) is 0 Å². The van der Waals surface area contributed by atoms with Crippen molar-refractivity contribution in [1.29, 1.82) is 0 Å². The van der Waals surface area contributed by atoms with E-state index in [-0.39, 0.29) is 0 Å². The quantitative estimate of drug-likeness (QED) is 0.550. The second-order valence-electron chi connectivity index (χ2n) is 4.63. The van der Waals surface area contributed by atoms with Crippen LogP contribution < -0.4 is 0 Å². The highest BCUT2D eigenvalue weighted by Gasteiger charge is 2.89. The fraction of sp³-hybridized carbons (Fsp3) is 1.00. The Kier molecular flexibility index (Phi) is 1.15. The second kappa shape index (κ2) is 1.66. The lowest BCUT2D eigenvalue weighted by Gasteiger charge is -2.27. The predicted molar refractivity (Wildman–Crippen MR) is 47.6 cm³/mol. The fourth-order valence-corrected chi connectivity index (χ4v) is 3.44. The third-order valence-corrected chi connectivity index (χ3v) is 4.43. The van der Waals surface area contributed by atoms with Gasteiger partial charge in [-0.25, -0.2) is 0 Å². The van der Waals surface area contributed by atoms with Gasteiger partial charge in [-0.3, -0.25) is 4.90 Å². The zero-order valence-corrected chi connectivity index (χ0v) is 8.31. The molecule has 0 spiro atoms. The summed E-state index contributed by atoms with van der Waals surface area (Å²) in [6.45, 7) is 11.8. The molecule has 2 heterocycles. The topological polar surface area (TPSA) is 3.01 Å². The first-order valence-electron chi connectivity index (χ1n) is 4.83. The maximum Gasteiger partial charge on any atom is 0.0553 e. The smallest absolute Gasteiger partial charge is 0.0553 e. The van der Waals surface area contributed by atoms with Crippen molar-refractivity contribution in [2.24, 2.45) is 5.92 Å². The number of hydrogen-bond donors (Lipinski definition) is 0. The Morgan fingerprint density at radius 2 is 2.00 bits per heavy atom. The highest BCUT2D eigenvalue weighted by atomic mass is 15.6. The maximum atomic E-state index is 2.67. The lowest BCUT2D eigenvalue weighted by molar-refractivity contribution is 0.286. The number of nitrogens with zero attached hydrogens (tertiary/aromatic N) is 1. The molecule has 0 aromatic heterocycles. The van der Waals surface area contributed by atoms with Crippen molar-refractivity contribution in [3.05, 3.63) is 0 Å². The van der Waals surface area contributed by atoms with E-state index in [1.165, 1.54) is 6.42 Å². The van der Waals surface area contributed by atoms with Gasteiger partial charge < -0.3 is 0 Å². The van der Waals surface area contributed by atoms with E-state index in [2.05, 4.69) is 39.5 Å². The minimum absolute atomic E-state index is 0.557. The van der Waals surface area contributed by atoms with Gasteiger partial charge in [0.2, 0.25) is 0 Å². The summed E-state index contributed by atoms with van der Waals surface area (Å²) in [7, 11) is 0. The van der Waals surface area contributed by atoms with E-state index < -0.39 is 0 Å². The number of rotatable bonds is 2. The van der Waals surface area contributed by atoms with Gasteiger partial charge in [0, 0.05) is 11.6 Å². The molecule has 1 heteroatoms. The molecule has 4 unspecified atom stereocenters. The van der Waals surface area contributed by atoms with Crippen LogP contribution in [-0.4, -0.2) is 22.0 Å². The first kappa shape index (κ1) is 7.60. The molecule has 1 nitrogen and oxygen atoms in total. The largest absolute Gasteiger partial charge is 0.282 e. The summed E-state index contributed by atoms with van der Waals surface area (Å²) in [5, 5.41) is 0. The van der Waals surface area contributed by atoms with Gasteiger partial charge in [-0.05, 0) is 26.2 Å². The Hall–Kier alpha value is -0.0400. The molecule has 0 radical (unpaired) electrons. The molecule has 2 saturated heterocycles. The van der Waals surface area contributed by atoms with Gasteiger partial charge in [-0.1, -0.05) is 20.8 Å². The third-order valence-electron chi connectivity index (χ3n) is 4.43. The molecule has 0 aromatic carbocycles. The van der Waals surface area contributed by atoms with Gasteiger partial charge in [0.05, 0.1) is 5.54 Å². The average Bonchev–Trinajstić information content (AvgIpc) is 2.75. The Bertz CT molecular complexity index is 195. The average molecular weight is 153 g/mol. The summed E-state index contributed by atoms with van der Waals surface area (Å²) in [5.74, 6) is 0.818. The van der Waals surface area contributed by atoms with Gasteiger partial charge in [0.1, 0.15) is 0 Å². The molecule has 0 amide bonds. The van der Waals surface area contributed by atoms with Gasteiger partial charge in [0.15, 0.2) is 0 Å². The zero-order valence-electron chi connectivity index (χ0n) is 8.31. The van der Waals surface area contributed by atoms with Crippen molar-refractivity contribution in [1.82, 2.24) is 4.90 Å². The highest BCUT2D eigenvalue weighted by Crippen LogP contribution is 2.74. The van der Waals surface area contributed by atoms with Crippen molar-refractivity contribution in [2.75, 3.05) is 0 Å². The van der Waals surface area contributed by atoms with E-state index in [0.29, 0.717) is 11.1 Å². The Labute approximate surface area is 69.8 Å². The molecular weight excluding hydrogens is 134 g/mol. The molecule has 64 valence electrons. The second-order valence-corrected chi connectivity index (χ2v) is 4.63. The van der Waals surface area contributed by atoms with Crippen LogP contribution in [0, 0.1) is 5.92 Å². The molecule has 0 aliphatic carbocycles. The Morgan fingerprint density at radius 3 is 2.09 bits per heavy atom. The van der Waals surface area contributed by atoms with Crippen LogP contribution in [0.4, 0.5) is 0 Å². The van der Waals surface area contributed by atoms with Gasteiger partial charge in [0.25, 0.3) is 0 Å². The highest BCUT2D eigenvalue weighted by molar-refractivity contribution is 5.45. The minimum atomic E-state index is 0.557. The van der Waals surface area contributed by atoms with Crippen LogP contribution in [-0.2, 0) is 0 Å². The van der Waals surface area contributed by atoms with Crippen molar-refractivity contribution in [3.63, 3.8) is 0 Å². The fourth-order valence-electron chi connectivity index (χ4n) is 3.44. The summed E-state index contributed by atoms with van der Waals surface area (Å²) < 4.78 is 0. The Morgan fingerprint density at radius 1 is 1.45 bits per heavy atom. The molecule has 2 rings (SSSR count). The minimum Gasteiger partial charge on any atom is -0.282 e. The molecule has 4 atom stereocenters. The monoisotopic (exact) mass is 153 g/mol. The van der Waals surface area contributed by atoms with E-state index in [9.17, 15) is 0 Å². The summed E-state index contributed by atoms with van der Waals surface area (Å²) >= 11 is 0. The molecule has 2 aliphatic heterocycles.